The lowest BCUT2D eigenvalue weighted by Crippen LogP contribution is -2.05. The van der Waals surface area contributed by atoms with Crippen LogP contribution in [0.2, 0.25) is 0 Å². The summed E-state index contributed by atoms with van der Waals surface area (Å²) < 4.78 is 0. The molecular formula is C16H22N4. The monoisotopic (exact) mass is 270 g/mol. The molecule has 0 unspecified atom stereocenters. The zero-order valence-corrected chi connectivity index (χ0v) is 12.4. The van der Waals surface area contributed by atoms with E-state index in [1.807, 2.05) is 19.1 Å². The van der Waals surface area contributed by atoms with Crippen LogP contribution in [-0.2, 0) is 6.42 Å². The Hall–Kier alpha value is -2.10. The summed E-state index contributed by atoms with van der Waals surface area (Å²) in [5, 5.41) is 6.63. The number of anilines is 3. The summed E-state index contributed by atoms with van der Waals surface area (Å²) in [7, 11) is 0. The van der Waals surface area contributed by atoms with Gasteiger partial charge in [0, 0.05) is 18.3 Å². The first kappa shape index (κ1) is 14.3. The minimum Gasteiger partial charge on any atom is -0.370 e. The highest BCUT2D eigenvalue weighted by atomic mass is 15.1. The summed E-state index contributed by atoms with van der Waals surface area (Å²) in [5.41, 5.74) is 2.44. The summed E-state index contributed by atoms with van der Waals surface area (Å²) >= 11 is 0. The molecule has 1 heterocycles. The van der Waals surface area contributed by atoms with Gasteiger partial charge in [-0.25, -0.2) is 9.97 Å². The number of benzene rings is 1. The second kappa shape index (κ2) is 6.89. The minimum atomic E-state index is 0.763. The van der Waals surface area contributed by atoms with Crippen LogP contribution in [0, 0.1) is 6.92 Å². The number of nitrogens with zero attached hydrogens (tertiary/aromatic N) is 2. The van der Waals surface area contributed by atoms with Crippen molar-refractivity contribution in [2.24, 2.45) is 0 Å². The maximum atomic E-state index is 4.45. The zero-order chi connectivity index (χ0) is 14.4. The van der Waals surface area contributed by atoms with Gasteiger partial charge in [-0.15, -0.1) is 0 Å². The van der Waals surface area contributed by atoms with Crippen LogP contribution >= 0.6 is 0 Å². The van der Waals surface area contributed by atoms with Crippen molar-refractivity contribution in [1.82, 2.24) is 9.97 Å². The zero-order valence-electron chi connectivity index (χ0n) is 12.4. The van der Waals surface area contributed by atoms with Crippen molar-refractivity contribution in [2.45, 2.75) is 33.6 Å². The van der Waals surface area contributed by atoms with Gasteiger partial charge in [0.25, 0.3) is 0 Å². The molecule has 0 bridgehead atoms. The number of nitrogens with one attached hydrogen (secondary N) is 2. The Morgan fingerprint density at radius 2 is 1.80 bits per heavy atom. The van der Waals surface area contributed by atoms with E-state index in [-0.39, 0.29) is 0 Å². The molecule has 0 radical (unpaired) electrons. The maximum Gasteiger partial charge on any atom is 0.136 e. The molecule has 106 valence electrons. The second-order valence-corrected chi connectivity index (χ2v) is 4.75. The van der Waals surface area contributed by atoms with E-state index in [2.05, 4.69) is 52.6 Å². The van der Waals surface area contributed by atoms with Crippen molar-refractivity contribution >= 4 is 17.3 Å². The molecule has 2 aromatic rings. The first-order valence-corrected chi connectivity index (χ1v) is 7.17. The first-order valence-electron chi connectivity index (χ1n) is 7.17. The number of aromatic nitrogens is 2. The number of hydrogen-bond donors (Lipinski definition) is 2. The van der Waals surface area contributed by atoms with Crippen molar-refractivity contribution < 1.29 is 0 Å². The van der Waals surface area contributed by atoms with Crippen molar-refractivity contribution in [3.8, 4) is 0 Å². The third kappa shape index (κ3) is 3.70. The highest BCUT2D eigenvalue weighted by Gasteiger charge is 2.05. The van der Waals surface area contributed by atoms with Gasteiger partial charge >= 0.3 is 0 Å². The van der Waals surface area contributed by atoms with Gasteiger partial charge in [0.05, 0.1) is 0 Å². The number of rotatable bonds is 6. The first-order chi connectivity index (χ1) is 9.72. The highest BCUT2D eigenvalue weighted by molar-refractivity contribution is 5.62. The molecule has 0 aliphatic carbocycles. The van der Waals surface area contributed by atoms with Crippen molar-refractivity contribution in [3.05, 3.63) is 41.7 Å². The van der Waals surface area contributed by atoms with Crippen LogP contribution in [-0.4, -0.2) is 16.5 Å². The van der Waals surface area contributed by atoms with Crippen molar-refractivity contribution in [1.29, 1.82) is 0 Å². The van der Waals surface area contributed by atoms with E-state index in [0.29, 0.717) is 0 Å². The summed E-state index contributed by atoms with van der Waals surface area (Å²) in [4.78, 5) is 8.81. The van der Waals surface area contributed by atoms with Crippen LogP contribution in [0.1, 0.15) is 31.7 Å². The molecule has 0 fully saturated rings. The van der Waals surface area contributed by atoms with Gasteiger partial charge in [-0.2, -0.15) is 0 Å². The highest BCUT2D eigenvalue weighted by Crippen LogP contribution is 2.22. The summed E-state index contributed by atoms with van der Waals surface area (Å²) in [6, 6.07) is 10.3. The molecule has 0 saturated heterocycles. The third-order valence-corrected chi connectivity index (χ3v) is 3.00. The smallest absolute Gasteiger partial charge is 0.136 e. The molecule has 4 nitrogen and oxygen atoms in total. The molecule has 0 saturated carbocycles. The Morgan fingerprint density at radius 3 is 2.55 bits per heavy atom. The number of para-hydroxylation sites is 1. The van der Waals surface area contributed by atoms with Crippen LogP contribution in [0.15, 0.2) is 30.3 Å². The van der Waals surface area contributed by atoms with E-state index in [4.69, 9.17) is 0 Å². The molecule has 2 rings (SSSR count). The van der Waals surface area contributed by atoms with Crippen LogP contribution < -0.4 is 10.6 Å². The van der Waals surface area contributed by atoms with Gasteiger partial charge in [0.2, 0.25) is 0 Å². The molecule has 0 aliphatic heterocycles. The lowest BCUT2D eigenvalue weighted by atomic mass is 10.1. The molecule has 0 amide bonds. The molecule has 0 aliphatic rings. The average Bonchev–Trinajstić information content (AvgIpc) is 2.41. The number of aryl methyl sites for hydroxylation is 2. The van der Waals surface area contributed by atoms with E-state index in [0.717, 1.165) is 42.5 Å². The molecule has 20 heavy (non-hydrogen) atoms. The number of hydrogen-bond acceptors (Lipinski definition) is 4. The normalized spacial score (nSPS) is 10.3. The predicted octanol–water partition coefficient (Wildman–Crippen LogP) is 3.91. The van der Waals surface area contributed by atoms with E-state index < -0.39 is 0 Å². The molecular weight excluding hydrogens is 248 g/mol. The topological polar surface area (TPSA) is 49.8 Å². The second-order valence-electron chi connectivity index (χ2n) is 4.75. The largest absolute Gasteiger partial charge is 0.370 e. The van der Waals surface area contributed by atoms with Gasteiger partial charge < -0.3 is 10.6 Å². The fraction of sp³-hybridized carbons (Fsp3) is 0.375. The molecule has 2 N–H and O–H groups in total. The van der Waals surface area contributed by atoms with Crippen LogP contribution in [0.25, 0.3) is 0 Å². The molecule has 1 aromatic heterocycles. The molecule has 1 aromatic carbocycles. The quantitative estimate of drug-likeness (QED) is 0.835. The Bertz CT molecular complexity index is 566. The van der Waals surface area contributed by atoms with Crippen LogP contribution in [0.5, 0.6) is 0 Å². The van der Waals surface area contributed by atoms with Gasteiger partial charge in [-0.3, -0.25) is 0 Å². The van der Waals surface area contributed by atoms with Gasteiger partial charge in [-0.1, -0.05) is 31.5 Å². The Morgan fingerprint density at radius 1 is 1.05 bits per heavy atom. The summed E-state index contributed by atoms with van der Waals surface area (Å²) in [5.74, 6) is 2.45. The van der Waals surface area contributed by atoms with E-state index in [9.17, 15) is 0 Å². The minimum absolute atomic E-state index is 0.763. The Balaban J connectivity index is 2.25. The fourth-order valence-electron chi connectivity index (χ4n) is 2.17. The maximum absolute atomic E-state index is 4.45. The molecule has 0 atom stereocenters. The van der Waals surface area contributed by atoms with Gasteiger partial charge in [0.1, 0.15) is 17.5 Å². The summed E-state index contributed by atoms with van der Waals surface area (Å²) in [6.07, 6.45) is 2.19. The fourth-order valence-corrected chi connectivity index (χ4v) is 2.17. The van der Waals surface area contributed by atoms with E-state index in [1.165, 1.54) is 5.56 Å². The Labute approximate surface area is 120 Å². The van der Waals surface area contributed by atoms with E-state index in [1.54, 1.807) is 0 Å². The lowest BCUT2D eigenvalue weighted by Gasteiger charge is -2.12. The molecule has 4 heteroatoms. The van der Waals surface area contributed by atoms with Gasteiger partial charge in [0.15, 0.2) is 0 Å². The summed E-state index contributed by atoms with van der Waals surface area (Å²) in [6.45, 7) is 7.00. The molecule has 0 spiro atoms. The van der Waals surface area contributed by atoms with Gasteiger partial charge in [-0.05, 0) is 31.9 Å². The standard InChI is InChI=1S/C16H22N4/c1-4-8-13-9-6-7-10-14(13)20-16-11-15(17-5-2)18-12(3)19-16/h6-7,9-11H,4-5,8H2,1-3H3,(H2,17,18,19,20). The average molecular weight is 270 g/mol. The third-order valence-electron chi connectivity index (χ3n) is 3.00. The SMILES string of the molecule is CCCc1ccccc1Nc1cc(NCC)nc(C)n1. The lowest BCUT2D eigenvalue weighted by molar-refractivity contribution is 0.923. The van der Waals surface area contributed by atoms with Crippen LogP contribution in [0.4, 0.5) is 17.3 Å². The Kier molecular flexibility index (Phi) is 4.93. The van der Waals surface area contributed by atoms with E-state index >= 15 is 0 Å². The van der Waals surface area contributed by atoms with Crippen molar-refractivity contribution in [3.63, 3.8) is 0 Å². The predicted molar refractivity (Wildman–Crippen MR) is 84.7 cm³/mol. The van der Waals surface area contributed by atoms with Crippen LogP contribution in [0.3, 0.4) is 0 Å². The van der Waals surface area contributed by atoms with Crippen molar-refractivity contribution in [2.75, 3.05) is 17.2 Å².